The quantitative estimate of drug-likeness (QED) is 0.834. The summed E-state index contributed by atoms with van der Waals surface area (Å²) in [5.74, 6) is -0.223. The van der Waals surface area contributed by atoms with Crippen LogP contribution in [-0.2, 0) is 11.3 Å². The first-order valence-corrected chi connectivity index (χ1v) is 7.88. The van der Waals surface area contributed by atoms with Gasteiger partial charge in [0.25, 0.3) is 5.56 Å². The number of carbonyl (C=O) groups is 1. The van der Waals surface area contributed by atoms with Gasteiger partial charge in [-0.25, -0.2) is 4.79 Å². The van der Waals surface area contributed by atoms with Crippen LogP contribution in [0, 0.1) is 0 Å². The standard InChI is InChI=1S/C17H22N4O3/c1-3-4-10-13(22)20(2)14-15(18)21(17(24)19-16(14)23)11-12-8-6-5-7-9-12/h5-9H,3-4,10-11,18H2,1-2H3,(H,19,23,24). The SMILES string of the molecule is CCCCC(=O)N(C)c1c(N)n(Cc2ccccc2)c(=O)[nH]c1=O. The van der Waals surface area contributed by atoms with Crippen molar-refractivity contribution in [3.05, 3.63) is 56.7 Å². The van der Waals surface area contributed by atoms with Crippen LogP contribution in [0.25, 0.3) is 0 Å². The molecule has 0 atom stereocenters. The number of aromatic nitrogens is 2. The molecule has 0 unspecified atom stereocenters. The summed E-state index contributed by atoms with van der Waals surface area (Å²) in [6.45, 7) is 2.20. The number of rotatable bonds is 6. The molecule has 0 saturated heterocycles. The Kier molecular flexibility index (Phi) is 5.57. The normalized spacial score (nSPS) is 10.6. The lowest BCUT2D eigenvalue weighted by Crippen LogP contribution is -2.39. The highest BCUT2D eigenvalue weighted by atomic mass is 16.2. The first-order valence-electron chi connectivity index (χ1n) is 7.88. The molecule has 1 heterocycles. The van der Waals surface area contributed by atoms with E-state index < -0.39 is 11.2 Å². The molecule has 1 aromatic carbocycles. The first kappa shape index (κ1) is 17.5. The molecule has 7 heteroatoms. The molecule has 0 aliphatic heterocycles. The number of nitrogens with zero attached hydrogens (tertiary/aromatic N) is 2. The molecule has 0 aliphatic carbocycles. The third-order valence-corrected chi connectivity index (χ3v) is 3.85. The zero-order valence-electron chi connectivity index (χ0n) is 13.9. The van der Waals surface area contributed by atoms with E-state index in [1.165, 1.54) is 16.5 Å². The summed E-state index contributed by atoms with van der Waals surface area (Å²) < 4.78 is 1.26. The van der Waals surface area contributed by atoms with Crippen LogP contribution in [0.2, 0.25) is 0 Å². The number of nitrogens with one attached hydrogen (secondary N) is 1. The number of hydrogen-bond donors (Lipinski definition) is 2. The molecule has 0 saturated carbocycles. The molecule has 2 rings (SSSR count). The van der Waals surface area contributed by atoms with Crippen molar-refractivity contribution >= 4 is 17.4 Å². The lowest BCUT2D eigenvalue weighted by atomic mass is 10.2. The van der Waals surface area contributed by atoms with Crippen molar-refractivity contribution < 1.29 is 4.79 Å². The van der Waals surface area contributed by atoms with Gasteiger partial charge in [-0.15, -0.1) is 0 Å². The predicted molar refractivity (Wildman–Crippen MR) is 94.2 cm³/mol. The molecule has 24 heavy (non-hydrogen) atoms. The smallest absolute Gasteiger partial charge is 0.330 e. The molecule has 0 radical (unpaired) electrons. The Morgan fingerprint density at radius 1 is 1.25 bits per heavy atom. The molecular weight excluding hydrogens is 308 g/mol. The zero-order valence-corrected chi connectivity index (χ0v) is 13.9. The Morgan fingerprint density at radius 2 is 1.92 bits per heavy atom. The molecule has 0 aliphatic rings. The van der Waals surface area contributed by atoms with E-state index in [1.807, 2.05) is 37.3 Å². The first-order chi connectivity index (χ1) is 11.5. The fourth-order valence-electron chi connectivity index (χ4n) is 2.44. The number of unbranched alkanes of at least 4 members (excludes halogenated alkanes) is 1. The van der Waals surface area contributed by atoms with Gasteiger partial charge in [0.05, 0.1) is 6.54 Å². The van der Waals surface area contributed by atoms with Crippen molar-refractivity contribution in [2.75, 3.05) is 17.7 Å². The molecule has 0 bridgehead atoms. The van der Waals surface area contributed by atoms with Crippen LogP contribution in [0.4, 0.5) is 11.5 Å². The van der Waals surface area contributed by atoms with Gasteiger partial charge in [0.15, 0.2) is 5.69 Å². The number of nitrogen functional groups attached to an aromatic ring is 1. The van der Waals surface area contributed by atoms with Gasteiger partial charge in [0, 0.05) is 13.5 Å². The summed E-state index contributed by atoms with van der Waals surface area (Å²) >= 11 is 0. The van der Waals surface area contributed by atoms with Gasteiger partial charge in [-0.3, -0.25) is 19.1 Å². The van der Waals surface area contributed by atoms with Crippen LogP contribution in [0.1, 0.15) is 31.7 Å². The van der Waals surface area contributed by atoms with Crippen LogP contribution in [-0.4, -0.2) is 22.5 Å². The Bertz CT molecular complexity index is 824. The number of H-pyrrole nitrogens is 1. The van der Waals surface area contributed by atoms with Gasteiger partial charge in [-0.05, 0) is 12.0 Å². The van der Waals surface area contributed by atoms with Crippen LogP contribution in [0.3, 0.4) is 0 Å². The van der Waals surface area contributed by atoms with Gasteiger partial charge in [-0.2, -0.15) is 0 Å². The highest BCUT2D eigenvalue weighted by molar-refractivity contribution is 5.94. The average Bonchev–Trinajstić information content (AvgIpc) is 2.57. The average molecular weight is 330 g/mol. The zero-order chi connectivity index (χ0) is 17.7. The van der Waals surface area contributed by atoms with E-state index >= 15 is 0 Å². The van der Waals surface area contributed by atoms with Gasteiger partial charge in [-0.1, -0.05) is 43.7 Å². The van der Waals surface area contributed by atoms with E-state index in [1.54, 1.807) is 0 Å². The van der Waals surface area contributed by atoms with Crippen LogP contribution >= 0.6 is 0 Å². The van der Waals surface area contributed by atoms with Gasteiger partial charge in [0.2, 0.25) is 5.91 Å². The Labute approximate surface area is 139 Å². The summed E-state index contributed by atoms with van der Waals surface area (Å²) in [4.78, 5) is 39.9. The van der Waals surface area contributed by atoms with Crippen molar-refractivity contribution in [3.8, 4) is 0 Å². The number of hydrogen-bond acceptors (Lipinski definition) is 4. The summed E-state index contributed by atoms with van der Waals surface area (Å²) in [6, 6.07) is 9.28. The molecule has 0 fully saturated rings. The van der Waals surface area contributed by atoms with Gasteiger partial charge in [0.1, 0.15) is 5.82 Å². The fraction of sp³-hybridized carbons (Fsp3) is 0.353. The van der Waals surface area contributed by atoms with E-state index in [9.17, 15) is 14.4 Å². The second-order valence-electron chi connectivity index (χ2n) is 5.62. The van der Waals surface area contributed by atoms with E-state index in [4.69, 9.17) is 5.73 Å². The van der Waals surface area contributed by atoms with Crippen LogP contribution in [0.15, 0.2) is 39.9 Å². The minimum Gasteiger partial charge on any atom is -0.383 e. The third kappa shape index (κ3) is 3.73. The van der Waals surface area contributed by atoms with Crippen molar-refractivity contribution in [1.29, 1.82) is 0 Å². The van der Waals surface area contributed by atoms with Crippen molar-refractivity contribution in [2.24, 2.45) is 0 Å². The summed E-state index contributed by atoms with van der Waals surface area (Å²) in [5.41, 5.74) is 5.66. The molecule has 3 N–H and O–H groups in total. The predicted octanol–water partition coefficient (Wildman–Crippen LogP) is 1.32. The number of aromatic amines is 1. The van der Waals surface area contributed by atoms with E-state index in [0.29, 0.717) is 6.42 Å². The van der Waals surface area contributed by atoms with Gasteiger partial charge < -0.3 is 10.6 Å². The lowest BCUT2D eigenvalue weighted by molar-refractivity contribution is -0.118. The Balaban J connectivity index is 2.43. The maximum Gasteiger partial charge on any atom is 0.330 e. The Hall–Kier alpha value is -2.83. The lowest BCUT2D eigenvalue weighted by Gasteiger charge is -2.20. The van der Waals surface area contributed by atoms with E-state index in [-0.39, 0.29) is 24.0 Å². The summed E-state index contributed by atoms with van der Waals surface area (Å²) in [7, 11) is 1.50. The summed E-state index contributed by atoms with van der Waals surface area (Å²) in [6.07, 6.45) is 1.92. The highest BCUT2D eigenvalue weighted by Gasteiger charge is 2.20. The number of anilines is 2. The second-order valence-corrected chi connectivity index (χ2v) is 5.62. The molecule has 2 aromatic rings. The minimum absolute atomic E-state index is 0.00614. The second kappa shape index (κ2) is 7.63. The number of nitrogens with two attached hydrogens (primary N) is 1. The minimum atomic E-state index is -0.658. The molecule has 0 spiro atoms. The number of amides is 1. The molecule has 1 amide bonds. The van der Waals surface area contributed by atoms with E-state index in [0.717, 1.165) is 18.4 Å². The highest BCUT2D eigenvalue weighted by Crippen LogP contribution is 2.17. The number of benzene rings is 1. The molecule has 1 aromatic heterocycles. The third-order valence-electron chi connectivity index (χ3n) is 3.85. The van der Waals surface area contributed by atoms with Crippen LogP contribution < -0.4 is 21.9 Å². The largest absolute Gasteiger partial charge is 0.383 e. The van der Waals surface area contributed by atoms with Gasteiger partial charge >= 0.3 is 5.69 Å². The maximum atomic E-state index is 12.2. The molecule has 7 nitrogen and oxygen atoms in total. The fourth-order valence-corrected chi connectivity index (χ4v) is 2.44. The topological polar surface area (TPSA) is 101 Å². The molecule has 128 valence electrons. The van der Waals surface area contributed by atoms with Crippen molar-refractivity contribution in [2.45, 2.75) is 32.7 Å². The molecular formula is C17H22N4O3. The number of carbonyl (C=O) groups excluding carboxylic acids is 1. The van der Waals surface area contributed by atoms with Crippen molar-refractivity contribution in [3.63, 3.8) is 0 Å². The Morgan fingerprint density at radius 3 is 2.54 bits per heavy atom. The monoisotopic (exact) mass is 330 g/mol. The van der Waals surface area contributed by atoms with Crippen LogP contribution in [0.5, 0.6) is 0 Å². The summed E-state index contributed by atoms with van der Waals surface area (Å²) in [5, 5.41) is 0. The maximum absolute atomic E-state index is 12.2. The van der Waals surface area contributed by atoms with Crippen molar-refractivity contribution in [1.82, 2.24) is 9.55 Å². The van der Waals surface area contributed by atoms with E-state index in [2.05, 4.69) is 4.98 Å².